The number of hydrogen-bond donors (Lipinski definition) is 0. The first-order valence-electron chi connectivity index (χ1n) is 16.0. The van der Waals surface area contributed by atoms with Gasteiger partial charge in [-0.15, -0.1) is 0 Å². The van der Waals surface area contributed by atoms with Crippen LogP contribution < -0.4 is 9.47 Å². The molecule has 0 N–H and O–H groups in total. The zero-order valence-corrected chi connectivity index (χ0v) is 24.7. The maximum Gasteiger partial charge on any atom is 0.314 e. The van der Waals surface area contributed by atoms with Gasteiger partial charge in [0.25, 0.3) is 0 Å². The highest BCUT2D eigenvalue weighted by Gasteiger charge is 2.27. The third-order valence-electron chi connectivity index (χ3n) is 8.12. The lowest BCUT2D eigenvalue weighted by Gasteiger charge is -2.27. The topological polar surface area (TPSA) is 61.3 Å². The fraction of sp³-hybridized carbons (Fsp3) is 0.676. The molecule has 0 bridgehead atoms. The van der Waals surface area contributed by atoms with Crippen LogP contribution in [0.15, 0.2) is 36.7 Å². The Bertz CT molecular complexity index is 905. The van der Waals surface area contributed by atoms with E-state index < -0.39 is 0 Å². The summed E-state index contributed by atoms with van der Waals surface area (Å²) in [7, 11) is 0. The number of hydrogen-bond acceptors (Lipinski definition) is 5. The molecule has 0 amide bonds. The molecule has 1 saturated carbocycles. The number of ether oxygens (including phenoxy) is 2. The SMILES string of the molecule is CCCCCCCCCCCCOc1cnc(-c2ccc(OC(=O)C3CCC(CCCCC)CC3)cc2)nc1. The Labute approximate surface area is 237 Å². The summed E-state index contributed by atoms with van der Waals surface area (Å²) in [5, 5.41) is 0. The van der Waals surface area contributed by atoms with Crippen molar-refractivity contribution >= 4 is 5.97 Å². The van der Waals surface area contributed by atoms with E-state index in [0.29, 0.717) is 23.9 Å². The lowest BCUT2D eigenvalue weighted by Crippen LogP contribution is -2.25. The van der Waals surface area contributed by atoms with Gasteiger partial charge in [0, 0.05) is 5.56 Å². The molecular formula is C34H52N2O3. The van der Waals surface area contributed by atoms with E-state index in [1.165, 1.54) is 83.5 Å². The maximum absolute atomic E-state index is 12.7. The number of rotatable bonds is 19. The van der Waals surface area contributed by atoms with Crippen molar-refractivity contribution in [1.82, 2.24) is 9.97 Å². The Kier molecular flexibility index (Phi) is 15.0. The summed E-state index contributed by atoms with van der Waals surface area (Å²) >= 11 is 0. The second kappa shape index (κ2) is 18.8. The van der Waals surface area contributed by atoms with Gasteiger partial charge in [-0.05, 0) is 62.3 Å². The third kappa shape index (κ3) is 12.1. The Morgan fingerprint density at radius 3 is 1.90 bits per heavy atom. The minimum absolute atomic E-state index is 0.0308. The van der Waals surface area contributed by atoms with E-state index in [-0.39, 0.29) is 11.9 Å². The quantitative estimate of drug-likeness (QED) is 0.102. The monoisotopic (exact) mass is 536 g/mol. The van der Waals surface area contributed by atoms with Crippen molar-refractivity contribution < 1.29 is 14.3 Å². The molecule has 216 valence electrons. The van der Waals surface area contributed by atoms with Crippen LogP contribution in [0.3, 0.4) is 0 Å². The van der Waals surface area contributed by atoms with Crippen LogP contribution in [0.1, 0.15) is 129 Å². The fourth-order valence-electron chi connectivity index (χ4n) is 5.56. The molecule has 5 heteroatoms. The lowest BCUT2D eigenvalue weighted by molar-refractivity contribution is -0.140. The summed E-state index contributed by atoms with van der Waals surface area (Å²) < 4.78 is 11.5. The molecule has 1 aliphatic rings. The molecule has 1 aliphatic carbocycles. The molecule has 0 atom stereocenters. The van der Waals surface area contributed by atoms with Crippen molar-refractivity contribution in [3.63, 3.8) is 0 Å². The van der Waals surface area contributed by atoms with E-state index in [1.54, 1.807) is 12.4 Å². The molecule has 0 unspecified atom stereocenters. The van der Waals surface area contributed by atoms with Crippen LogP contribution in [0.4, 0.5) is 0 Å². The van der Waals surface area contributed by atoms with Crippen molar-refractivity contribution in [2.24, 2.45) is 11.8 Å². The summed E-state index contributed by atoms with van der Waals surface area (Å²) in [6, 6.07) is 7.49. The van der Waals surface area contributed by atoms with Gasteiger partial charge in [0.1, 0.15) is 5.75 Å². The Morgan fingerprint density at radius 1 is 0.718 bits per heavy atom. The Morgan fingerprint density at radius 2 is 1.28 bits per heavy atom. The molecule has 39 heavy (non-hydrogen) atoms. The fourth-order valence-corrected chi connectivity index (χ4v) is 5.56. The summed E-state index contributed by atoms with van der Waals surface area (Å²) in [5.74, 6) is 2.67. The Hall–Kier alpha value is -2.43. The standard InChI is InChI=1S/C34H52N2O3/c1-3-5-7-8-9-10-11-12-13-15-25-38-32-26-35-33(36-27-32)29-21-23-31(24-22-29)39-34(37)30-19-17-28(18-20-30)16-14-6-4-2/h21-24,26-28,30H,3-20,25H2,1-2H3. The molecule has 1 heterocycles. The highest BCUT2D eigenvalue weighted by molar-refractivity contribution is 5.75. The maximum atomic E-state index is 12.7. The highest BCUT2D eigenvalue weighted by Crippen LogP contribution is 2.33. The second-order valence-electron chi connectivity index (χ2n) is 11.4. The van der Waals surface area contributed by atoms with Crippen LogP contribution in [-0.4, -0.2) is 22.5 Å². The number of esters is 1. The second-order valence-corrected chi connectivity index (χ2v) is 11.4. The van der Waals surface area contributed by atoms with Crippen LogP contribution >= 0.6 is 0 Å². The zero-order chi connectivity index (χ0) is 27.5. The molecule has 0 radical (unpaired) electrons. The van der Waals surface area contributed by atoms with Crippen LogP contribution in [0.25, 0.3) is 11.4 Å². The molecule has 1 fully saturated rings. The van der Waals surface area contributed by atoms with E-state index in [4.69, 9.17) is 9.47 Å². The summed E-state index contributed by atoms with van der Waals surface area (Å²) in [6.45, 7) is 5.22. The third-order valence-corrected chi connectivity index (χ3v) is 8.12. The van der Waals surface area contributed by atoms with E-state index >= 15 is 0 Å². The van der Waals surface area contributed by atoms with E-state index in [1.807, 2.05) is 24.3 Å². The highest BCUT2D eigenvalue weighted by atomic mass is 16.5. The molecule has 1 aromatic heterocycles. The lowest BCUT2D eigenvalue weighted by atomic mass is 9.80. The van der Waals surface area contributed by atoms with Crippen molar-refractivity contribution in [2.75, 3.05) is 6.61 Å². The van der Waals surface area contributed by atoms with Crippen molar-refractivity contribution in [1.29, 1.82) is 0 Å². The molecular weight excluding hydrogens is 484 g/mol. The minimum atomic E-state index is -0.0880. The van der Waals surface area contributed by atoms with E-state index in [9.17, 15) is 4.79 Å². The zero-order valence-electron chi connectivity index (χ0n) is 24.7. The number of nitrogens with zero attached hydrogens (tertiary/aromatic N) is 2. The number of benzene rings is 1. The van der Waals surface area contributed by atoms with E-state index in [0.717, 1.165) is 43.6 Å². The predicted molar refractivity (Wildman–Crippen MR) is 160 cm³/mol. The summed E-state index contributed by atoms with van der Waals surface area (Å²) in [6.07, 6.45) is 26.1. The summed E-state index contributed by atoms with van der Waals surface area (Å²) in [5.41, 5.74) is 0.892. The van der Waals surface area contributed by atoms with Gasteiger partial charge in [-0.2, -0.15) is 0 Å². The smallest absolute Gasteiger partial charge is 0.314 e. The molecule has 5 nitrogen and oxygen atoms in total. The average molecular weight is 537 g/mol. The van der Waals surface area contributed by atoms with Gasteiger partial charge in [-0.1, -0.05) is 97.3 Å². The first-order chi connectivity index (χ1) is 19.2. The van der Waals surface area contributed by atoms with Crippen molar-refractivity contribution in [3.8, 4) is 22.9 Å². The molecule has 3 rings (SSSR count). The first kappa shape index (κ1) is 31.1. The number of aromatic nitrogens is 2. The van der Waals surface area contributed by atoms with Gasteiger partial charge < -0.3 is 9.47 Å². The minimum Gasteiger partial charge on any atom is -0.490 e. The molecule has 2 aromatic rings. The molecule has 0 aliphatic heterocycles. The Balaban J connectivity index is 1.30. The van der Waals surface area contributed by atoms with Gasteiger partial charge in [-0.3, -0.25) is 4.79 Å². The average Bonchev–Trinajstić information content (AvgIpc) is 2.97. The summed E-state index contributed by atoms with van der Waals surface area (Å²) in [4.78, 5) is 21.6. The largest absolute Gasteiger partial charge is 0.490 e. The molecule has 0 spiro atoms. The van der Waals surface area contributed by atoms with Crippen LogP contribution in [0.2, 0.25) is 0 Å². The number of carbonyl (C=O) groups is 1. The van der Waals surface area contributed by atoms with Gasteiger partial charge in [0.05, 0.1) is 24.9 Å². The number of unbranched alkanes of at least 4 members (excludes halogenated alkanes) is 11. The van der Waals surface area contributed by atoms with Crippen LogP contribution in [0.5, 0.6) is 11.5 Å². The van der Waals surface area contributed by atoms with Gasteiger partial charge >= 0.3 is 5.97 Å². The van der Waals surface area contributed by atoms with Crippen LogP contribution in [0, 0.1) is 11.8 Å². The van der Waals surface area contributed by atoms with Crippen LogP contribution in [-0.2, 0) is 4.79 Å². The van der Waals surface area contributed by atoms with Crippen molar-refractivity contribution in [2.45, 2.75) is 129 Å². The van der Waals surface area contributed by atoms with Gasteiger partial charge in [-0.25, -0.2) is 9.97 Å². The first-order valence-corrected chi connectivity index (χ1v) is 16.0. The normalized spacial score (nSPS) is 17.2. The van der Waals surface area contributed by atoms with E-state index in [2.05, 4.69) is 23.8 Å². The van der Waals surface area contributed by atoms with Gasteiger partial charge in [0.15, 0.2) is 11.6 Å². The van der Waals surface area contributed by atoms with Crippen molar-refractivity contribution in [3.05, 3.63) is 36.7 Å². The predicted octanol–water partition coefficient (Wildman–Crippen LogP) is 9.74. The van der Waals surface area contributed by atoms with Gasteiger partial charge in [0.2, 0.25) is 0 Å². The number of carbonyl (C=O) groups excluding carboxylic acids is 1. The molecule has 1 aromatic carbocycles. The molecule has 0 saturated heterocycles.